The van der Waals surface area contributed by atoms with E-state index in [9.17, 15) is 29.4 Å². The summed E-state index contributed by atoms with van der Waals surface area (Å²) in [6.45, 7) is 4.96. The minimum atomic E-state index is -1.26. The molecule has 230 valence electrons. The molecule has 2 amide bonds. The fourth-order valence-corrected chi connectivity index (χ4v) is 6.25. The molecule has 0 bridgehead atoms. The van der Waals surface area contributed by atoms with Gasteiger partial charge < -0.3 is 30.1 Å². The topological polar surface area (TPSA) is 168 Å². The van der Waals surface area contributed by atoms with Gasteiger partial charge in [0.1, 0.15) is 5.75 Å². The number of para-hydroxylation sites is 2. The Balaban J connectivity index is 0.000000446. The number of benzene rings is 1. The molecule has 2 aliphatic carbocycles. The van der Waals surface area contributed by atoms with Gasteiger partial charge in [-0.15, -0.1) is 0 Å². The van der Waals surface area contributed by atoms with E-state index in [1.807, 2.05) is 6.07 Å². The molecule has 2 saturated carbocycles. The molecular weight excluding hydrogens is 546 g/mol. The lowest BCUT2D eigenvalue weighted by molar-refractivity contribution is -0.140. The second-order valence-electron chi connectivity index (χ2n) is 11.3. The number of carboxylic acids is 2. The number of hydrogen-bond acceptors (Lipinski definition) is 9. The van der Waals surface area contributed by atoms with Crippen LogP contribution in [0.5, 0.6) is 5.75 Å². The smallest absolute Gasteiger partial charge is 0.328 e. The normalized spacial score (nSPS) is 26.7. The standard InChI is InChI=1S/C26H37N3O5.C4H4O4/c30-22-16-19-20(17-23(22)31)26(33)29(25(19)32)11-5-10-27-12-14-28(15-13-27)21-8-3-4-9-24(21)34-18-6-1-2-7-18;5-3(6)1-2-4(7)8/h3-4,8-9,18-20,22-23,30-31H,1-2,5-7,10-17H2;1-2H,(H,5,6)(H,7,8)/b;2-1-. The van der Waals surface area contributed by atoms with Crippen LogP contribution >= 0.6 is 0 Å². The Morgan fingerprint density at radius 1 is 0.833 bits per heavy atom. The molecule has 4 atom stereocenters. The molecule has 0 radical (unpaired) electrons. The number of imide groups is 1. The van der Waals surface area contributed by atoms with Crippen molar-refractivity contribution in [2.24, 2.45) is 11.8 Å². The number of likely N-dealkylation sites (tertiary alicyclic amines) is 1. The third-order valence-corrected chi connectivity index (χ3v) is 8.49. The summed E-state index contributed by atoms with van der Waals surface area (Å²) in [6, 6.07) is 8.35. The molecule has 2 saturated heterocycles. The third-order valence-electron chi connectivity index (χ3n) is 8.49. The fraction of sp³-hybridized carbons (Fsp3) is 0.600. The van der Waals surface area contributed by atoms with Gasteiger partial charge in [0, 0.05) is 44.9 Å². The number of amides is 2. The number of piperazine rings is 1. The molecule has 4 unspecified atom stereocenters. The summed E-state index contributed by atoms with van der Waals surface area (Å²) in [7, 11) is 0. The second-order valence-corrected chi connectivity index (χ2v) is 11.3. The van der Waals surface area contributed by atoms with Gasteiger partial charge in [-0.2, -0.15) is 0 Å². The average molecular weight is 588 g/mol. The second kappa shape index (κ2) is 14.6. The maximum Gasteiger partial charge on any atom is 0.328 e. The van der Waals surface area contributed by atoms with E-state index < -0.39 is 36.0 Å². The summed E-state index contributed by atoms with van der Waals surface area (Å²) < 4.78 is 6.33. The lowest BCUT2D eigenvalue weighted by atomic mass is 9.78. The van der Waals surface area contributed by atoms with E-state index in [0.29, 0.717) is 24.8 Å². The average Bonchev–Trinajstić information content (AvgIpc) is 3.56. The zero-order valence-electron chi connectivity index (χ0n) is 23.7. The Bertz CT molecular complexity index is 1100. The molecule has 4 N–H and O–H groups in total. The summed E-state index contributed by atoms with van der Waals surface area (Å²) in [5, 5.41) is 35.4. The van der Waals surface area contributed by atoms with Crippen LogP contribution in [0.2, 0.25) is 0 Å². The number of aliphatic hydroxyl groups excluding tert-OH is 2. The van der Waals surface area contributed by atoms with Crippen LogP contribution in [0.25, 0.3) is 0 Å². The van der Waals surface area contributed by atoms with Gasteiger partial charge in [-0.3, -0.25) is 19.4 Å². The van der Waals surface area contributed by atoms with E-state index in [0.717, 1.165) is 57.7 Å². The van der Waals surface area contributed by atoms with Crippen molar-refractivity contribution in [3.63, 3.8) is 0 Å². The minimum absolute atomic E-state index is 0.176. The highest BCUT2D eigenvalue weighted by Crippen LogP contribution is 2.38. The fourth-order valence-electron chi connectivity index (χ4n) is 6.25. The van der Waals surface area contributed by atoms with Crippen LogP contribution in [0.3, 0.4) is 0 Å². The zero-order valence-corrected chi connectivity index (χ0v) is 23.7. The molecule has 5 rings (SSSR count). The number of ether oxygens (including phenoxy) is 1. The van der Waals surface area contributed by atoms with Crippen molar-refractivity contribution in [2.75, 3.05) is 44.2 Å². The molecule has 2 aliphatic heterocycles. The Morgan fingerprint density at radius 3 is 1.93 bits per heavy atom. The maximum atomic E-state index is 12.7. The molecule has 1 aromatic rings. The third kappa shape index (κ3) is 8.08. The van der Waals surface area contributed by atoms with Gasteiger partial charge in [0.05, 0.1) is 35.8 Å². The monoisotopic (exact) mass is 587 g/mol. The van der Waals surface area contributed by atoms with Crippen molar-refractivity contribution < 1.29 is 44.3 Å². The SMILES string of the molecule is O=C(O)/C=C\C(=O)O.O=C1C2CC(O)C(O)CC2C(=O)N1CCCN1CCN(c2ccccc2OC2CCCC2)CC1. The van der Waals surface area contributed by atoms with Crippen LogP contribution in [0.1, 0.15) is 44.9 Å². The van der Waals surface area contributed by atoms with E-state index in [-0.39, 0.29) is 24.7 Å². The highest BCUT2D eigenvalue weighted by molar-refractivity contribution is 6.05. The van der Waals surface area contributed by atoms with Crippen LogP contribution in [0.15, 0.2) is 36.4 Å². The minimum Gasteiger partial charge on any atom is -0.488 e. The number of anilines is 1. The van der Waals surface area contributed by atoms with E-state index >= 15 is 0 Å². The van der Waals surface area contributed by atoms with Gasteiger partial charge in [0.2, 0.25) is 11.8 Å². The van der Waals surface area contributed by atoms with Gasteiger partial charge in [0.15, 0.2) is 0 Å². The predicted octanol–water partition coefficient (Wildman–Crippen LogP) is 1.35. The quantitative estimate of drug-likeness (QED) is 0.243. The number of aliphatic hydroxyl groups is 2. The number of carbonyl (C=O) groups excluding carboxylic acids is 2. The molecule has 0 aromatic heterocycles. The van der Waals surface area contributed by atoms with Gasteiger partial charge in [-0.05, 0) is 63.6 Å². The van der Waals surface area contributed by atoms with Crippen molar-refractivity contribution in [1.82, 2.24) is 9.80 Å². The van der Waals surface area contributed by atoms with Crippen molar-refractivity contribution in [2.45, 2.75) is 63.3 Å². The Labute approximate surface area is 245 Å². The van der Waals surface area contributed by atoms with Gasteiger partial charge >= 0.3 is 11.9 Å². The molecule has 12 heteroatoms. The molecule has 1 aromatic carbocycles. The van der Waals surface area contributed by atoms with Crippen LogP contribution < -0.4 is 9.64 Å². The maximum absolute atomic E-state index is 12.7. The van der Waals surface area contributed by atoms with Crippen LogP contribution in [-0.4, -0.2) is 112 Å². The molecule has 12 nitrogen and oxygen atoms in total. The predicted molar refractivity (Wildman–Crippen MR) is 152 cm³/mol. The number of aliphatic carboxylic acids is 2. The zero-order chi connectivity index (χ0) is 30.2. The molecule has 0 spiro atoms. The van der Waals surface area contributed by atoms with E-state index in [2.05, 4.69) is 28.0 Å². The van der Waals surface area contributed by atoms with Gasteiger partial charge in [0.25, 0.3) is 0 Å². The van der Waals surface area contributed by atoms with E-state index in [1.54, 1.807) is 0 Å². The molecule has 42 heavy (non-hydrogen) atoms. The summed E-state index contributed by atoms with van der Waals surface area (Å²) >= 11 is 0. The van der Waals surface area contributed by atoms with Gasteiger partial charge in [-0.25, -0.2) is 9.59 Å². The lowest BCUT2D eigenvalue weighted by Gasteiger charge is -2.37. The molecule has 4 aliphatic rings. The highest BCUT2D eigenvalue weighted by Gasteiger charge is 2.51. The number of hydrogen-bond donors (Lipinski definition) is 4. The number of fused-ring (bicyclic) bond motifs is 1. The molecule has 4 fully saturated rings. The van der Waals surface area contributed by atoms with Crippen LogP contribution in [-0.2, 0) is 19.2 Å². The lowest BCUT2D eigenvalue weighted by Crippen LogP contribution is -2.47. The van der Waals surface area contributed by atoms with E-state index in [4.69, 9.17) is 14.9 Å². The molecule has 2 heterocycles. The first kappa shape index (κ1) is 31.5. The Hall–Kier alpha value is -3.48. The summed E-state index contributed by atoms with van der Waals surface area (Å²) in [5.74, 6) is -2.82. The number of nitrogens with zero attached hydrogens (tertiary/aromatic N) is 3. The summed E-state index contributed by atoms with van der Waals surface area (Å²) in [4.78, 5) is 50.7. The number of rotatable bonds is 9. The Morgan fingerprint density at radius 2 is 1.38 bits per heavy atom. The Kier molecular flexibility index (Phi) is 10.9. The van der Waals surface area contributed by atoms with Crippen molar-refractivity contribution >= 4 is 29.4 Å². The van der Waals surface area contributed by atoms with Gasteiger partial charge in [-0.1, -0.05) is 12.1 Å². The van der Waals surface area contributed by atoms with E-state index in [1.165, 1.54) is 23.4 Å². The first-order valence-electron chi connectivity index (χ1n) is 14.7. The number of carboxylic acid groups (broad SMARTS) is 2. The number of carbonyl (C=O) groups is 4. The van der Waals surface area contributed by atoms with Crippen LogP contribution in [0.4, 0.5) is 5.69 Å². The van der Waals surface area contributed by atoms with Crippen molar-refractivity contribution in [3.8, 4) is 5.75 Å². The highest BCUT2D eigenvalue weighted by atomic mass is 16.5. The summed E-state index contributed by atoms with van der Waals surface area (Å²) in [6.07, 6.45) is 5.53. The van der Waals surface area contributed by atoms with Crippen molar-refractivity contribution in [3.05, 3.63) is 36.4 Å². The summed E-state index contributed by atoms with van der Waals surface area (Å²) in [5.41, 5.74) is 1.18. The largest absolute Gasteiger partial charge is 0.488 e. The van der Waals surface area contributed by atoms with Crippen molar-refractivity contribution in [1.29, 1.82) is 0 Å². The first-order valence-corrected chi connectivity index (χ1v) is 14.7. The van der Waals surface area contributed by atoms with Crippen LogP contribution in [0, 0.1) is 11.8 Å². The molecular formula is C30H41N3O9. The first-order chi connectivity index (χ1) is 20.1.